The Bertz CT molecular complexity index is 266. The number of amidine groups is 1. The molecule has 72 valence electrons. The second kappa shape index (κ2) is 4.12. The maximum atomic E-state index is 9.00. The van der Waals surface area contributed by atoms with Gasteiger partial charge >= 0.3 is 0 Å². The van der Waals surface area contributed by atoms with Gasteiger partial charge in [0.15, 0.2) is 0 Å². The molecule has 3 heteroatoms. The van der Waals surface area contributed by atoms with Gasteiger partial charge in [0.2, 0.25) is 0 Å². The lowest BCUT2D eigenvalue weighted by atomic mass is 10.2. The molecule has 1 aliphatic heterocycles. The molecule has 1 rings (SSSR count). The Morgan fingerprint density at radius 2 is 2.38 bits per heavy atom. The van der Waals surface area contributed by atoms with E-state index < -0.39 is 0 Å². The number of nitrogens with zero attached hydrogens (tertiary/aromatic N) is 2. The number of aliphatic imine (C=N–C) groups is 1. The Hall–Kier alpha value is -1.25. The summed E-state index contributed by atoms with van der Waals surface area (Å²) in [6.07, 6.45) is 2.74. The summed E-state index contributed by atoms with van der Waals surface area (Å²) in [5.74, 6) is 1.04. The first kappa shape index (κ1) is 9.84. The van der Waals surface area contributed by atoms with Gasteiger partial charge in [-0.1, -0.05) is 6.58 Å². The molecule has 13 heavy (non-hydrogen) atoms. The molecule has 3 nitrogen and oxygen atoms in total. The quantitative estimate of drug-likeness (QED) is 0.519. The van der Waals surface area contributed by atoms with Crippen LogP contribution in [0.15, 0.2) is 29.0 Å². The third-order valence-electron chi connectivity index (χ3n) is 2.01. The Balaban J connectivity index is 2.80. The van der Waals surface area contributed by atoms with E-state index in [9.17, 15) is 0 Å². The third-order valence-corrected chi connectivity index (χ3v) is 2.01. The number of allylic oxidation sites excluding steroid dienone is 1. The van der Waals surface area contributed by atoms with Crippen molar-refractivity contribution in [3.63, 3.8) is 0 Å². The summed E-state index contributed by atoms with van der Waals surface area (Å²) in [6.45, 7) is 7.26. The average Bonchev–Trinajstić information content (AvgIpc) is 2.03. The highest BCUT2D eigenvalue weighted by atomic mass is 16.3. The van der Waals surface area contributed by atoms with E-state index in [1.165, 1.54) is 0 Å². The van der Waals surface area contributed by atoms with Gasteiger partial charge in [-0.2, -0.15) is 0 Å². The van der Waals surface area contributed by atoms with E-state index >= 15 is 0 Å². The van der Waals surface area contributed by atoms with Crippen molar-refractivity contribution in [1.29, 1.82) is 0 Å². The maximum absolute atomic E-state index is 9.00. The Kier molecular flexibility index (Phi) is 3.12. The third kappa shape index (κ3) is 2.61. The zero-order chi connectivity index (χ0) is 9.84. The summed E-state index contributed by atoms with van der Waals surface area (Å²) >= 11 is 0. The van der Waals surface area contributed by atoms with Gasteiger partial charge in [0.25, 0.3) is 0 Å². The van der Waals surface area contributed by atoms with Gasteiger partial charge < -0.3 is 10.0 Å². The molecule has 0 atom stereocenters. The molecule has 0 bridgehead atoms. The minimum Gasteiger partial charge on any atom is -0.509 e. The fourth-order valence-electron chi connectivity index (χ4n) is 1.46. The standard InChI is InChI=1S/C10H16N2O/c1-8(7-9(2)13)10-11-5-4-6-12(10)3/h7,13H,2,4-6H2,1,3H3/b8-7+. The first-order chi connectivity index (χ1) is 6.11. The second-order valence-electron chi connectivity index (χ2n) is 3.30. The lowest BCUT2D eigenvalue weighted by molar-refractivity contribution is 0.433. The van der Waals surface area contributed by atoms with Gasteiger partial charge in [0.1, 0.15) is 11.6 Å². The number of hydrogen-bond acceptors (Lipinski definition) is 3. The van der Waals surface area contributed by atoms with Gasteiger partial charge in [-0.25, -0.2) is 0 Å². The molecule has 0 aliphatic carbocycles. The topological polar surface area (TPSA) is 35.8 Å². The van der Waals surface area contributed by atoms with Crippen molar-refractivity contribution in [3.8, 4) is 0 Å². The number of aliphatic hydroxyl groups excluding tert-OH is 1. The molecule has 1 aliphatic rings. The van der Waals surface area contributed by atoms with E-state index in [2.05, 4.69) is 16.5 Å². The van der Waals surface area contributed by atoms with E-state index in [0.717, 1.165) is 30.9 Å². The highest BCUT2D eigenvalue weighted by Gasteiger charge is 2.11. The van der Waals surface area contributed by atoms with Crippen LogP contribution in [0.2, 0.25) is 0 Å². The molecule has 0 fully saturated rings. The number of hydrogen-bond donors (Lipinski definition) is 1. The van der Waals surface area contributed by atoms with Gasteiger partial charge in [0, 0.05) is 20.1 Å². The van der Waals surface area contributed by atoms with Crippen LogP contribution in [0, 0.1) is 0 Å². The van der Waals surface area contributed by atoms with Crippen LogP contribution in [0.5, 0.6) is 0 Å². The van der Waals surface area contributed by atoms with Gasteiger partial charge in [-0.15, -0.1) is 0 Å². The van der Waals surface area contributed by atoms with Crippen LogP contribution in [-0.2, 0) is 0 Å². The predicted molar refractivity (Wildman–Crippen MR) is 55.1 cm³/mol. The molecule has 1 heterocycles. The van der Waals surface area contributed by atoms with Crippen LogP contribution in [0.25, 0.3) is 0 Å². The van der Waals surface area contributed by atoms with E-state index in [1.54, 1.807) is 6.08 Å². The predicted octanol–water partition coefficient (Wildman–Crippen LogP) is 1.74. The summed E-state index contributed by atoms with van der Waals surface area (Å²) < 4.78 is 0. The molecular weight excluding hydrogens is 164 g/mol. The molecule has 0 aromatic rings. The van der Waals surface area contributed by atoms with E-state index in [4.69, 9.17) is 5.11 Å². The Morgan fingerprint density at radius 3 is 2.92 bits per heavy atom. The number of rotatable bonds is 2. The monoisotopic (exact) mass is 180 g/mol. The first-order valence-electron chi connectivity index (χ1n) is 4.43. The summed E-state index contributed by atoms with van der Waals surface area (Å²) in [7, 11) is 2.01. The van der Waals surface area contributed by atoms with Crippen LogP contribution >= 0.6 is 0 Å². The summed E-state index contributed by atoms with van der Waals surface area (Å²) in [4.78, 5) is 6.48. The van der Waals surface area contributed by atoms with E-state index in [0.29, 0.717) is 0 Å². The van der Waals surface area contributed by atoms with Crippen LogP contribution in [-0.4, -0.2) is 36.0 Å². The van der Waals surface area contributed by atoms with Crippen LogP contribution in [0.1, 0.15) is 13.3 Å². The van der Waals surface area contributed by atoms with Gasteiger partial charge in [0.05, 0.1) is 0 Å². The maximum Gasteiger partial charge on any atom is 0.126 e. The first-order valence-corrected chi connectivity index (χ1v) is 4.43. The lowest BCUT2D eigenvalue weighted by Gasteiger charge is -2.25. The molecule has 0 unspecified atom stereocenters. The average molecular weight is 180 g/mol. The summed E-state index contributed by atoms with van der Waals surface area (Å²) in [5.41, 5.74) is 0.967. The number of aliphatic hydroxyl groups is 1. The van der Waals surface area contributed by atoms with Crippen molar-refractivity contribution < 1.29 is 5.11 Å². The van der Waals surface area contributed by atoms with Gasteiger partial charge in [-0.3, -0.25) is 4.99 Å². The SMILES string of the molecule is C=C(O)/C=C(\C)C1=NCCCN1C. The van der Waals surface area contributed by atoms with Gasteiger partial charge in [-0.05, 0) is 25.0 Å². The largest absolute Gasteiger partial charge is 0.509 e. The molecule has 0 aromatic heterocycles. The minimum absolute atomic E-state index is 0.0826. The molecule has 0 saturated heterocycles. The van der Waals surface area contributed by atoms with Crippen LogP contribution in [0.3, 0.4) is 0 Å². The van der Waals surface area contributed by atoms with Crippen molar-refractivity contribution in [3.05, 3.63) is 24.0 Å². The molecule has 1 N–H and O–H groups in total. The molecular formula is C10H16N2O. The summed E-state index contributed by atoms with van der Waals surface area (Å²) in [5, 5.41) is 9.00. The van der Waals surface area contributed by atoms with Crippen LogP contribution in [0.4, 0.5) is 0 Å². The van der Waals surface area contributed by atoms with Crippen molar-refractivity contribution in [2.75, 3.05) is 20.1 Å². The van der Waals surface area contributed by atoms with Crippen LogP contribution < -0.4 is 0 Å². The van der Waals surface area contributed by atoms with E-state index in [-0.39, 0.29) is 5.76 Å². The molecule has 0 amide bonds. The Labute approximate surface area is 79.1 Å². The molecule has 0 aromatic carbocycles. The zero-order valence-corrected chi connectivity index (χ0v) is 8.25. The summed E-state index contributed by atoms with van der Waals surface area (Å²) in [6, 6.07) is 0. The number of likely N-dealkylation sites (N-methyl/N-ethyl adjacent to an activating group) is 1. The second-order valence-corrected chi connectivity index (χ2v) is 3.30. The lowest BCUT2D eigenvalue weighted by Crippen LogP contribution is -2.32. The Morgan fingerprint density at radius 1 is 1.69 bits per heavy atom. The minimum atomic E-state index is 0.0826. The molecule has 0 radical (unpaired) electrons. The normalized spacial score (nSPS) is 18.5. The highest BCUT2D eigenvalue weighted by Crippen LogP contribution is 2.09. The van der Waals surface area contributed by atoms with Crippen molar-refractivity contribution >= 4 is 5.84 Å². The van der Waals surface area contributed by atoms with Crippen molar-refractivity contribution in [1.82, 2.24) is 4.90 Å². The fourth-order valence-corrected chi connectivity index (χ4v) is 1.46. The van der Waals surface area contributed by atoms with Crippen molar-refractivity contribution in [2.45, 2.75) is 13.3 Å². The fraction of sp³-hybridized carbons (Fsp3) is 0.500. The molecule has 0 spiro atoms. The smallest absolute Gasteiger partial charge is 0.126 e. The highest BCUT2D eigenvalue weighted by molar-refractivity contribution is 5.98. The zero-order valence-electron chi connectivity index (χ0n) is 8.25. The molecule has 0 saturated carbocycles. The van der Waals surface area contributed by atoms with E-state index in [1.807, 2.05) is 14.0 Å². The van der Waals surface area contributed by atoms with Crippen molar-refractivity contribution in [2.24, 2.45) is 4.99 Å².